The zero-order chi connectivity index (χ0) is 18.9. The SMILES string of the molecule is COc1ccc(OCCN2CCN(C(=O)NCc3ccncc3)CC2)cc1. The molecule has 2 heterocycles. The van der Waals surface area contributed by atoms with E-state index in [1.807, 2.05) is 41.3 Å². The Balaban J connectivity index is 1.32. The Morgan fingerprint density at radius 3 is 2.37 bits per heavy atom. The Labute approximate surface area is 159 Å². The number of aromatic nitrogens is 1. The normalized spacial score (nSPS) is 14.6. The Kier molecular flexibility index (Phi) is 6.87. The number of hydrogen-bond donors (Lipinski definition) is 1. The van der Waals surface area contributed by atoms with Gasteiger partial charge in [-0.1, -0.05) is 0 Å². The zero-order valence-corrected chi connectivity index (χ0v) is 15.6. The smallest absolute Gasteiger partial charge is 0.317 e. The predicted octanol–water partition coefficient (Wildman–Crippen LogP) is 2.00. The Morgan fingerprint density at radius 1 is 1.04 bits per heavy atom. The minimum Gasteiger partial charge on any atom is -0.497 e. The van der Waals surface area contributed by atoms with Crippen LogP contribution in [0.15, 0.2) is 48.8 Å². The first-order valence-corrected chi connectivity index (χ1v) is 9.15. The second-order valence-corrected chi connectivity index (χ2v) is 6.37. The molecule has 0 saturated carbocycles. The van der Waals surface area contributed by atoms with Crippen molar-refractivity contribution in [3.8, 4) is 11.5 Å². The van der Waals surface area contributed by atoms with Crippen molar-refractivity contribution in [3.63, 3.8) is 0 Å². The molecule has 1 aliphatic heterocycles. The van der Waals surface area contributed by atoms with Gasteiger partial charge in [0, 0.05) is 51.7 Å². The van der Waals surface area contributed by atoms with Gasteiger partial charge >= 0.3 is 6.03 Å². The fourth-order valence-corrected chi connectivity index (χ4v) is 2.93. The number of nitrogens with zero attached hydrogens (tertiary/aromatic N) is 3. The molecule has 1 aromatic heterocycles. The highest BCUT2D eigenvalue weighted by molar-refractivity contribution is 5.74. The van der Waals surface area contributed by atoms with E-state index in [9.17, 15) is 4.79 Å². The summed E-state index contributed by atoms with van der Waals surface area (Å²) in [4.78, 5) is 20.4. The van der Waals surface area contributed by atoms with Crippen LogP contribution in [0.25, 0.3) is 0 Å². The number of rotatable bonds is 7. The molecule has 0 atom stereocenters. The van der Waals surface area contributed by atoms with Crippen LogP contribution in [0.2, 0.25) is 0 Å². The number of pyridine rings is 1. The first-order valence-electron chi connectivity index (χ1n) is 9.15. The van der Waals surface area contributed by atoms with Crippen LogP contribution in [-0.4, -0.2) is 67.3 Å². The number of hydrogen-bond acceptors (Lipinski definition) is 5. The molecule has 144 valence electrons. The van der Waals surface area contributed by atoms with Crippen molar-refractivity contribution in [3.05, 3.63) is 54.4 Å². The summed E-state index contributed by atoms with van der Waals surface area (Å²) in [7, 11) is 1.65. The largest absolute Gasteiger partial charge is 0.497 e. The molecule has 7 heteroatoms. The standard InChI is InChI=1S/C20H26N4O3/c1-26-18-2-4-19(5-3-18)27-15-14-23-10-12-24(13-11-23)20(25)22-16-17-6-8-21-9-7-17/h2-9H,10-16H2,1H3,(H,22,25). The highest BCUT2D eigenvalue weighted by atomic mass is 16.5. The molecule has 1 aromatic carbocycles. The third kappa shape index (κ3) is 5.86. The Hall–Kier alpha value is -2.80. The summed E-state index contributed by atoms with van der Waals surface area (Å²) in [6.45, 7) is 5.16. The Bertz CT molecular complexity index is 701. The maximum absolute atomic E-state index is 12.3. The average molecular weight is 370 g/mol. The molecule has 7 nitrogen and oxygen atoms in total. The molecule has 1 N–H and O–H groups in total. The summed E-state index contributed by atoms with van der Waals surface area (Å²) in [6, 6.07) is 11.4. The molecule has 3 rings (SSSR count). The van der Waals surface area contributed by atoms with Crippen molar-refractivity contribution in [1.82, 2.24) is 20.1 Å². The molecule has 2 amide bonds. The molecule has 0 bridgehead atoms. The van der Waals surface area contributed by atoms with Gasteiger partial charge in [-0.2, -0.15) is 0 Å². The quantitative estimate of drug-likeness (QED) is 0.807. The van der Waals surface area contributed by atoms with Gasteiger partial charge in [0.1, 0.15) is 18.1 Å². The molecule has 27 heavy (non-hydrogen) atoms. The lowest BCUT2D eigenvalue weighted by atomic mass is 10.3. The average Bonchev–Trinajstić information content (AvgIpc) is 2.74. The van der Waals surface area contributed by atoms with E-state index in [0.717, 1.165) is 49.8 Å². The number of ether oxygens (including phenoxy) is 2. The second kappa shape index (κ2) is 9.78. The number of nitrogens with one attached hydrogen (secondary N) is 1. The minimum absolute atomic E-state index is 0.0130. The van der Waals surface area contributed by atoms with E-state index < -0.39 is 0 Å². The van der Waals surface area contributed by atoms with E-state index in [4.69, 9.17) is 9.47 Å². The molecule has 1 aliphatic rings. The number of carbonyl (C=O) groups is 1. The lowest BCUT2D eigenvalue weighted by Crippen LogP contribution is -2.52. The van der Waals surface area contributed by atoms with Gasteiger partial charge in [-0.05, 0) is 42.0 Å². The van der Waals surface area contributed by atoms with Gasteiger partial charge in [0.25, 0.3) is 0 Å². The van der Waals surface area contributed by atoms with Crippen molar-refractivity contribution in [2.45, 2.75) is 6.54 Å². The third-order valence-electron chi connectivity index (χ3n) is 4.59. The van der Waals surface area contributed by atoms with Crippen molar-refractivity contribution < 1.29 is 14.3 Å². The van der Waals surface area contributed by atoms with Crippen LogP contribution in [0.3, 0.4) is 0 Å². The summed E-state index contributed by atoms with van der Waals surface area (Å²) < 4.78 is 10.9. The predicted molar refractivity (Wildman–Crippen MR) is 103 cm³/mol. The van der Waals surface area contributed by atoms with Gasteiger partial charge in [-0.3, -0.25) is 9.88 Å². The number of amides is 2. The summed E-state index contributed by atoms with van der Waals surface area (Å²) in [5.74, 6) is 1.66. The van der Waals surface area contributed by atoms with Gasteiger partial charge < -0.3 is 19.7 Å². The summed E-state index contributed by atoms with van der Waals surface area (Å²) in [5.41, 5.74) is 1.05. The fourth-order valence-electron chi connectivity index (χ4n) is 2.93. The van der Waals surface area contributed by atoms with Crippen LogP contribution in [-0.2, 0) is 6.54 Å². The Morgan fingerprint density at radius 2 is 1.70 bits per heavy atom. The van der Waals surface area contributed by atoms with Crippen LogP contribution in [0, 0.1) is 0 Å². The van der Waals surface area contributed by atoms with Crippen LogP contribution in [0.4, 0.5) is 4.79 Å². The zero-order valence-electron chi connectivity index (χ0n) is 15.6. The topological polar surface area (TPSA) is 66.9 Å². The lowest BCUT2D eigenvalue weighted by Gasteiger charge is -2.34. The van der Waals surface area contributed by atoms with Gasteiger partial charge in [0.2, 0.25) is 0 Å². The molecule has 1 saturated heterocycles. The minimum atomic E-state index is -0.0130. The van der Waals surface area contributed by atoms with Crippen molar-refractivity contribution >= 4 is 6.03 Å². The number of urea groups is 1. The van der Waals surface area contributed by atoms with E-state index >= 15 is 0 Å². The molecule has 0 aliphatic carbocycles. The van der Waals surface area contributed by atoms with Crippen LogP contribution < -0.4 is 14.8 Å². The number of benzene rings is 1. The van der Waals surface area contributed by atoms with Crippen molar-refractivity contribution in [2.24, 2.45) is 0 Å². The molecule has 0 unspecified atom stereocenters. The highest BCUT2D eigenvalue weighted by Crippen LogP contribution is 2.17. The molecule has 0 radical (unpaired) electrons. The van der Waals surface area contributed by atoms with E-state index in [0.29, 0.717) is 13.2 Å². The molecular weight excluding hydrogens is 344 g/mol. The van der Waals surface area contributed by atoms with Crippen molar-refractivity contribution in [2.75, 3.05) is 46.4 Å². The van der Waals surface area contributed by atoms with E-state index in [1.54, 1.807) is 19.5 Å². The summed E-state index contributed by atoms with van der Waals surface area (Å²) in [5, 5.41) is 2.96. The number of piperazine rings is 1. The van der Waals surface area contributed by atoms with Gasteiger partial charge in [-0.15, -0.1) is 0 Å². The van der Waals surface area contributed by atoms with Crippen LogP contribution in [0.5, 0.6) is 11.5 Å². The molecular formula is C20H26N4O3. The fraction of sp³-hybridized carbons (Fsp3) is 0.400. The monoisotopic (exact) mass is 370 g/mol. The third-order valence-corrected chi connectivity index (χ3v) is 4.59. The molecule has 1 fully saturated rings. The van der Waals surface area contributed by atoms with E-state index in [-0.39, 0.29) is 6.03 Å². The van der Waals surface area contributed by atoms with E-state index in [1.165, 1.54) is 0 Å². The van der Waals surface area contributed by atoms with Gasteiger partial charge in [-0.25, -0.2) is 4.79 Å². The van der Waals surface area contributed by atoms with Crippen molar-refractivity contribution in [1.29, 1.82) is 0 Å². The first-order chi connectivity index (χ1) is 13.2. The molecule has 0 spiro atoms. The number of methoxy groups -OCH3 is 1. The van der Waals surface area contributed by atoms with Crippen LogP contribution >= 0.6 is 0 Å². The first kappa shape index (κ1) is 19.0. The summed E-state index contributed by atoms with van der Waals surface area (Å²) in [6.07, 6.45) is 3.46. The van der Waals surface area contributed by atoms with Gasteiger partial charge in [0.05, 0.1) is 7.11 Å². The second-order valence-electron chi connectivity index (χ2n) is 6.37. The van der Waals surface area contributed by atoms with Gasteiger partial charge in [0.15, 0.2) is 0 Å². The highest BCUT2D eigenvalue weighted by Gasteiger charge is 2.20. The van der Waals surface area contributed by atoms with E-state index in [2.05, 4.69) is 15.2 Å². The lowest BCUT2D eigenvalue weighted by molar-refractivity contribution is 0.126. The number of carbonyl (C=O) groups excluding carboxylic acids is 1. The maximum Gasteiger partial charge on any atom is 0.317 e. The maximum atomic E-state index is 12.3. The molecule has 2 aromatic rings. The van der Waals surface area contributed by atoms with Crippen LogP contribution in [0.1, 0.15) is 5.56 Å². The summed E-state index contributed by atoms with van der Waals surface area (Å²) >= 11 is 0.